The van der Waals surface area contributed by atoms with Gasteiger partial charge in [-0.25, -0.2) is 0 Å². The van der Waals surface area contributed by atoms with Crippen molar-refractivity contribution in [1.29, 1.82) is 0 Å². The van der Waals surface area contributed by atoms with E-state index in [-0.39, 0.29) is 0 Å². The van der Waals surface area contributed by atoms with Crippen molar-refractivity contribution in [3.63, 3.8) is 0 Å². The van der Waals surface area contributed by atoms with Gasteiger partial charge in [0.15, 0.2) is 0 Å². The van der Waals surface area contributed by atoms with Gasteiger partial charge in [-0.15, -0.1) is 6.58 Å². The summed E-state index contributed by atoms with van der Waals surface area (Å²) in [7, 11) is 0. The van der Waals surface area contributed by atoms with Crippen LogP contribution in [0.3, 0.4) is 0 Å². The maximum absolute atomic E-state index is 3.71. The van der Waals surface area contributed by atoms with Crippen LogP contribution in [0, 0.1) is 6.92 Å². The molecule has 0 fully saturated rings. The van der Waals surface area contributed by atoms with Gasteiger partial charge in [0.2, 0.25) is 0 Å². The van der Waals surface area contributed by atoms with Crippen molar-refractivity contribution in [3.8, 4) is 0 Å². The maximum atomic E-state index is 3.71. The molecule has 0 saturated heterocycles. The van der Waals surface area contributed by atoms with Gasteiger partial charge in [0.05, 0.1) is 0 Å². The van der Waals surface area contributed by atoms with Gasteiger partial charge in [0.25, 0.3) is 0 Å². The highest BCUT2D eigenvalue weighted by Gasteiger charge is 2.02. The fraction of sp³-hybridized carbons (Fsp3) is 0.250. The van der Waals surface area contributed by atoms with Crippen LogP contribution in [0.5, 0.6) is 0 Å². The van der Waals surface area contributed by atoms with E-state index < -0.39 is 0 Å². The van der Waals surface area contributed by atoms with E-state index in [9.17, 15) is 0 Å². The standard InChI is InChI=1S/C16H20N2/c1-3-10-17-12-16-9-6-11-18(16)13-15-8-5-4-7-14(15)2/h3-9,11,17H,1,10,12-13H2,2H3. The van der Waals surface area contributed by atoms with E-state index in [0.29, 0.717) is 0 Å². The smallest absolute Gasteiger partial charge is 0.0476 e. The number of aryl methyl sites for hydroxylation is 1. The molecule has 94 valence electrons. The third-order valence-electron chi connectivity index (χ3n) is 3.12. The van der Waals surface area contributed by atoms with Crippen molar-refractivity contribution >= 4 is 0 Å². The molecule has 2 nitrogen and oxygen atoms in total. The molecular formula is C16H20N2. The lowest BCUT2D eigenvalue weighted by Gasteiger charge is -2.11. The molecular weight excluding hydrogens is 220 g/mol. The third-order valence-corrected chi connectivity index (χ3v) is 3.12. The molecule has 1 aromatic heterocycles. The molecule has 0 unspecified atom stereocenters. The fourth-order valence-electron chi connectivity index (χ4n) is 2.04. The second kappa shape index (κ2) is 6.22. The van der Waals surface area contributed by atoms with Crippen LogP contribution in [0.1, 0.15) is 16.8 Å². The van der Waals surface area contributed by atoms with Crippen LogP contribution in [-0.2, 0) is 13.1 Å². The Morgan fingerprint density at radius 3 is 2.83 bits per heavy atom. The highest BCUT2D eigenvalue weighted by Crippen LogP contribution is 2.11. The summed E-state index contributed by atoms with van der Waals surface area (Å²) in [4.78, 5) is 0. The number of nitrogens with one attached hydrogen (secondary N) is 1. The number of benzene rings is 1. The molecule has 0 amide bonds. The van der Waals surface area contributed by atoms with Crippen LogP contribution in [0.15, 0.2) is 55.3 Å². The minimum atomic E-state index is 0.843. The number of rotatable bonds is 6. The molecule has 0 saturated carbocycles. The monoisotopic (exact) mass is 240 g/mol. The highest BCUT2D eigenvalue weighted by molar-refractivity contribution is 5.26. The lowest BCUT2D eigenvalue weighted by Crippen LogP contribution is -2.16. The number of nitrogens with zero attached hydrogens (tertiary/aromatic N) is 1. The predicted octanol–water partition coefficient (Wildman–Crippen LogP) is 3.12. The summed E-state index contributed by atoms with van der Waals surface area (Å²) in [6.45, 7) is 8.53. The molecule has 0 radical (unpaired) electrons. The molecule has 1 heterocycles. The van der Waals surface area contributed by atoms with E-state index in [4.69, 9.17) is 0 Å². The highest BCUT2D eigenvalue weighted by atomic mass is 15.0. The van der Waals surface area contributed by atoms with E-state index in [2.05, 4.69) is 66.0 Å². The Morgan fingerprint density at radius 1 is 1.22 bits per heavy atom. The number of hydrogen-bond donors (Lipinski definition) is 1. The molecule has 0 spiro atoms. The van der Waals surface area contributed by atoms with Crippen LogP contribution in [0.4, 0.5) is 0 Å². The summed E-state index contributed by atoms with van der Waals surface area (Å²) < 4.78 is 2.29. The Kier molecular flexibility index (Phi) is 4.37. The van der Waals surface area contributed by atoms with E-state index >= 15 is 0 Å². The van der Waals surface area contributed by atoms with Gasteiger partial charge in [-0.2, -0.15) is 0 Å². The van der Waals surface area contributed by atoms with Crippen LogP contribution >= 0.6 is 0 Å². The molecule has 0 atom stereocenters. The lowest BCUT2D eigenvalue weighted by atomic mass is 10.1. The van der Waals surface area contributed by atoms with Crippen molar-refractivity contribution < 1.29 is 0 Å². The Labute approximate surface area is 109 Å². The second-order valence-corrected chi connectivity index (χ2v) is 4.47. The van der Waals surface area contributed by atoms with Crippen molar-refractivity contribution in [3.05, 3.63) is 72.1 Å². The van der Waals surface area contributed by atoms with Crippen LogP contribution < -0.4 is 5.32 Å². The van der Waals surface area contributed by atoms with Crippen molar-refractivity contribution in [2.75, 3.05) is 6.54 Å². The molecule has 0 aliphatic carbocycles. The number of hydrogen-bond acceptors (Lipinski definition) is 1. The normalized spacial score (nSPS) is 10.5. The minimum absolute atomic E-state index is 0.843. The van der Waals surface area contributed by atoms with Gasteiger partial charge in [-0.3, -0.25) is 0 Å². The third kappa shape index (κ3) is 3.11. The summed E-state index contributed by atoms with van der Waals surface area (Å²) >= 11 is 0. The van der Waals surface area contributed by atoms with Gasteiger partial charge in [-0.05, 0) is 30.2 Å². The van der Waals surface area contributed by atoms with E-state index in [1.165, 1.54) is 16.8 Å². The quantitative estimate of drug-likeness (QED) is 0.606. The first kappa shape index (κ1) is 12.7. The lowest BCUT2D eigenvalue weighted by molar-refractivity contribution is 0.671. The Hall–Kier alpha value is -1.80. The zero-order valence-electron chi connectivity index (χ0n) is 10.9. The van der Waals surface area contributed by atoms with Gasteiger partial charge < -0.3 is 9.88 Å². The molecule has 0 aliphatic heterocycles. The van der Waals surface area contributed by atoms with Gasteiger partial charge in [0.1, 0.15) is 0 Å². The zero-order chi connectivity index (χ0) is 12.8. The topological polar surface area (TPSA) is 17.0 Å². The summed E-state index contributed by atoms with van der Waals surface area (Å²) in [5.41, 5.74) is 4.02. The molecule has 2 rings (SSSR count). The van der Waals surface area contributed by atoms with E-state index in [1.54, 1.807) is 0 Å². The average molecular weight is 240 g/mol. The van der Waals surface area contributed by atoms with Crippen LogP contribution in [-0.4, -0.2) is 11.1 Å². The summed E-state index contributed by atoms with van der Waals surface area (Å²) in [5.74, 6) is 0. The molecule has 0 aliphatic rings. The Morgan fingerprint density at radius 2 is 2.06 bits per heavy atom. The first-order chi connectivity index (χ1) is 8.81. The molecule has 0 bridgehead atoms. The average Bonchev–Trinajstić information content (AvgIpc) is 2.80. The Balaban J connectivity index is 2.08. The minimum Gasteiger partial charge on any atom is -0.346 e. The van der Waals surface area contributed by atoms with E-state index in [0.717, 1.165) is 19.6 Å². The van der Waals surface area contributed by atoms with Gasteiger partial charge >= 0.3 is 0 Å². The van der Waals surface area contributed by atoms with Gasteiger partial charge in [0, 0.05) is 31.5 Å². The molecule has 2 heteroatoms. The first-order valence-corrected chi connectivity index (χ1v) is 6.31. The zero-order valence-corrected chi connectivity index (χ0v) is 10.9. The molecule has 2 aromatic rings. The van der Waals surface area contributed by atoms with Crippen molar-refractivity contribution in [2.24, 2.45) is 0 Å². The number of aromatic nitrogens is 1. The second-order valence-electron chi connectivity index (χ2n) is 4.47. The summed E-state index contributed by atoms with van der Waals surface area (Å²) in [6.07, 6.45) is 4.02. The van der Waals surface area contributed by atoms with Crippen LogP contribution in [0.2, 0.25) is 0 Å². The summed E-state index contributed by atoms with van der Waals surface area (Å²) in [5, 5.41) is 3.34. The molecule has 1 N–H and O–H groups in total. The first-order valence-electron chi connectivity index (χ1n) is 6.31. The fourth-order valence-corrected chi connectivity index (χ4v) is 2.04. The van der Waals surface area contributed by atoms with Crippen LogP contribution in [0.25, 0.3) is 0 Å². The van der Waals surface area contributed by atoms with E-state index in [1.807, 2.05) is 6.08 Å². The van der Waals surface area contributed by atoms with Crippen molar-refractivity contribution in [1.82, 2.24) is 9.88 Å². The maximum Gasteiger partial charge on any atom is 0.0476 e. The molecule has 1 aromatic carbocycles. The molecule has 18 heavy (non-hydrogen) atoms. The summed E-state index contributed by atoms with van der Waals surface area (Å²) in [6, 6.07) is 12.8. The largest absolute Gasteiger partial charge is 0.346 e. The SMILES string of the molecule is C=CCNCc1cccn1Cc1ccccc1C. The predicted molar refractivity (Wildman–Crippen MR) is 76.6 cm³/mol. The van der Waals surface area contributed by atoms with Crippen molar-refractivity contribution in [2.45, 2.75) is 20.0 Å². The Bertz CT molecular complexity index is 511. The van der Waals surface area contributed by atoms with Gasteiger partial charge in [-0.1, -0.05) is 30.3 Å².